The lowest BCUT2D eigenvalue weighted by atomic mass is 10.0. The maximum atomic E-state index is 10.6. The maximum absolute atomic E-state index is 10.6. The van der Waals surface area contributed by atoms with Crippen LogP contribution in [0, 0.1) is 5.92 Å². The van der Waals surface area contributed by atoms with Crippen LogP contribution < -0.4 is 5.73 Å². The fourth-order valence-electron chi connectivity index (χ4n) is 0.710. The van der Waals surface area contributed by atoms with E-state index in [1.54, 1.807) is 0 Å². The van der Waals surface area contributed by atoms with Crippen molar-refractivity contribution in [1.82, 2.24) is 0 Å². The van der Waals surface area contributed by atoms with Crippen molar-refractivity contribution in [2.45, 2.75) is 32.7 Å². The molecule has 0 radical (unpaired) electrons. The maximum Gasteiger partial charge on any atom is 0.323 e. The molecule has 1 atom stereocenters. The van der Waals surface area contributed by atoms with Gasteiger partial charge in [0.2, 0.25) is 0 Å². The van der Waals surface area contributed by atoms with Gasteiger partial charge in [-0.1, -0.05) is 13.8 Å². The fourth-order valence-corrected chi connectivity index (χ4v) is 0.710. The van der Waals surface area contributed by atoms with Gasteiger partial charge in [0.1, 0.15) is 5.54 Å². The molecule has 3 N–H and O–H groups in total. The van der Waals surface area contributed by atoms with Crippen LogP contribution in [0.5, 0.6) is 0 Å². The van der Waals surface area contributed by atoms with Gasteiger partial charge < -0.3 is 15.6 Å². The molecule has 0 aliphatic rings. The van der Waals surface area contributed by atoms with Gasteiger partial charge in [0.15, 0.2) is 0 Å². The Balaban J connectivity index is 3.58. The number of carboxylic acids is 1. The largest absolute Gasteiger partial charge is 0.480 e. The Kier molecular flexibility index (Phi) is 4.95. The summed E-state index contributed by atoms with van der Waals surface area (Å²) in [5.74, 6) is -0.519. The van der Waals surface area contributed by atoms with Gasteiger partial charge in [-0.3, -0.25) is 4.79 Å². The lowest BCUT2D eigenvalue weighted by Crippen LogP contribution is -2.45. The molecule has 0 spiro atoms. The summed E-state index contributed by atoms with van der Waals surface area (Å²) in [7, 11) is 0. The van der Waals surface area contributed by atoms with E-state index in [1.807, 2.05) is 13.8 Å². The summed E-state index contributed by atoms with van der Waals surface area (Å²) in [6, 6.07) is 0. The first-order valence-electron chi connectivity index (χ1n) is 4.46. The second-order valence-corrected chi connectivity index (χ2v) is 3.94. The Labute approximate surface area is 79.1 Å². The summed E-state index contributed by atoms with van der Waals surface area (Å²) < 4.78 is 5.24. The lowest BCUT2D eigenvalue weighted by Gasteiger charge is -2.18. The van der Waals surface area contributed by atoms with Crippen molar-refractivity contribution in [3.8, 4) is 0 Å². The van der Waals surface area contributed by atoms with Crippen molar-refractivity contribution < 1.29 is 14.6 Å². The zero-order chi connectivity index (χ0) is 10.5. The number of carbonyl (C=O) groups is 1. The van der Waals surface area contributed by atoms with E-state index in [0.717, 1.165) is 0 Å². The van der Waals surface area contributed by atoms with Crippen molar-refractivity contribution in [1.29, 1.82) is 0 Å². The second kappa shape index (κ2) is 5.19. The third-order valence-corrected chi connectivity index (χ3v) is 1.71. The van der Waals surface area contributed by atoms with Gasteiger partial charge in [0.25, 0.3) is 0 Å². The number of nitrogens with two attached hydrogens (primary N) is 1. The Morgan fingerprint density at radius 2 is 2.15 bits per heavy atom. The Hall–Kier alpha value is -0.610. The van der Waals surface area contributed by atoms with E-state index in [0.29, 0.717) is 25.6 Å². The first-order valence-corrected chi connectivity index (χ1v) is 4.46. The standard InChI is InChI=1S/C9H19NO3/c1-7(2)6-13-5-4-9(3,10)8(11)12/h7H,4-6,10H2,1-3H3,(H,11,12). The van der Waals surface area contributed by atoms with Gasteiger partial charge >= 0.3 is 5.97 Å². The van der Waals surface area contributed by atoms with Crippen LogP contribution in [0.2, 0.25) is 0 Å². The number of carboxylic acid groups (broad SMARTS) is 1. The monoisotopic (exact) mass is 189 g/mol. The van der Waals surface area contributed by atoms with Crippen LogP contribution in [-0.4, -0.2) is 29.8 Å². The molecule has 4 heteroatoms. The van der Waals surface area contributed by atoms with E-state index in [2.05, 4.69) is 0 Å². The smallest absolute Gasteiger partial charge is 0.323 e. The molecule has 78 valence electrons. The third kappa shape index (κ3) is 5.60. The highest BCUT2D eigenvalue weighted by molar-refractivity contribution is 5.77. The molecule has 0 rings (SSSR count). The fraction of sp³-hybridized carbons (Fsp3) is 0.889. The first-order chi connectivity index (χ1) is 5.86. The molecule has 0 saturated carbocycles. The van der Waals surface area contributed by atoms with Crippen molar-refractivity contribution in [2.24, 2.45) is 11.7 Å². The molecule has 0 heterocycles. The topological polar surface area (TPSA) is 72.5 Å². The molecule has 4 nitrogen and oxygen atoms in total. The minimum absolute atomic E-state index is 0.342. The average Bonchev–Trinajstić information content (AvgIpc) is 1.97. The lowest BCUT2D eigenvalue weighted by molar-refractivity contribution is -0.143. The number of aliphatic carboxylic acids is 1. The van der Waals surface area contributed by atoms with E-state index < -0.39 is 11.5 Å². The summed E-state index contributed by atoms with van der Waals surface area (Å²) >= 11 is 0. The van der Waals surface area contributed by atoms with E-state index in [-0.39, 0.29) is 0 Å². The molecule has 0 saturated heterocycles. The van der Waals surface area contributed by atoms with Gasteiger partial charge in [0.05, 0.1) is 0 Å². The van der Waals surface area contributed by atoms with Gasteiger partial charge in [0, 0.05) is 13.2 Å². The molecule has 0 amide bonds. The zero-order valence-corrected chi connectivity index (χ0v) is 8.54. The highest BCUT2D eigenvalue weighted by Gasteiger charge is 2.27. The molecule has 0 bridgehead atoms. The molecule has 0 fully saturated rings. The van der Waals surface area contributed by atoms with Crippen molar-refractivity contribution in [3.05, 3.63) is 0 Å². The second-order valence-electron chi connectivity index (χ2n) is 3.94. The van der Waals surface area contributed by atoms with Gasteiger partial charge in [-0.15, -0.1) is 0 Å². The minimum Gasteiger partial charge on any atom is -0.480 e. The van der Waals surface area contributed by atoms with Crippen LogP contribution in [0.1, 0.15) is 27.2 Å². The highest BCUT2D eigenvalue weighted by atomic mass is 16.5. The van der Waals surface area contributed by atoms with Gasteiger partial charge in [-0.2, -0.15) is 0 Å². The number of hydrogen-bond acceptors (Lipinski definition) is 3. The Bertz CT molecular complexity index is 166. The van der Waals surface area contributed by atoms with Crippen LogP contribution in [-0.2, 0) is 9.53 Å². The van der Waals surface area contributed by atoms with E-state index in [4.69, 9.17) is 15.6 Å². The van der Waals surface area contributed by atoms with Gasteiger partial charge in [-0.05, 0) is 19.3 Å². The molecule has 0 aliphatic heterocycles. The summed E-state index contributed by atoms with van der Waals surface area (Å²) in [5, 5.41) is 8.67. The van der Waals surface area contributed by atoms with Crippen LogP contribution in [0.15, 0.2) is 0 Å². The molecular weight excluding hydrogens is 170 g/mol. The van der Waals surface area contributed by atoms with Crippen molar-refractivity contribution in [2.75, 3.05) is 13.2 Å². The molecule has 0 aromatic heterocycles. The molecule has 13 heavy (non-hydrogen) atoms. The molecule has 0 aromatic rings. The quantitative estimate of drug-likeness (QED) is 0.607. The number of hydrogen-bond donors (Lipinski definition) is 2. The normalized spacial score (nSPS) is 15.8. The minimum atomic E-state index is -1.17. The SMILES string of the molecule is CC(C)COCCC(C)(N)C(=O)O. The predicted octanol–water partition coefficient (Wildman–Crippen LogP) is 0.851. The highest BCUT2D eigenvalue weighted by Crippen LogP contribution is 2.06. The predicted molar refractivity (Wildman–Crippen MR) is 50.5 cm³/mol. The van der Waals surface area contributed by atoms with Gasteiger partial charge in [-0.25, -0.2) is 0 Å². The molecule has 0 aromatic carbocycles. The van der Waals surface area contributed by atoms with E-state index in [9.17, 15) is 4.79 Å². The van der Waals surface area contributed by atoms with Crippen LogP contribution in [0.4, 0.5) is 0 Å². The Morgan fingerprint density at radius 3 is 2.54 bits per heavy atom. The molecular formula is C9H19NO3. The number of rotatable bonds is 6. The summed E-state index contributed by atoms with van der Waals surface area (Å²) in [6.07, 6.45) is 0.342. The average molecular weight is 189 g/mol. The van der Waals surface area contributed by atoms with E-state index >= 15 is 0 Å². The van der Waals surface area contributed by atoms with Crippen LogP contribution >= 0.6 is 0 Å². The van der Waals surface area contributed by atoms with E-state index in [1.165, 1.54) is 6.92 Å². The summed E-state index contributed by atoms with van der Waals surface area (Å²) in [4.78, 5) is 10.6. The zero-order valence-electron chi connectivity index (χ0n) is 8.54. The van der Waals surface area contributed by atoms with Crippen molar-refractivity contribution >= 4 is 5.97 Å². The summed E-state index contributed by atoms with van der Waals surface area (Å²) in [5.41, 5.74) is 4.33. The third-order valence-electron chi connectivity index (χ3n) is 1.71. The number of ether oxygens (including phenoxy) is 1. The van der Waals surface area contributed by atoms with Crippen LogP contribution in [0.25, 0.3) is 0 Å². The first kappa shape index (κ1) is 12.4. The summed E-state index contributed by atoms with van der Waals surface area (Å²) in [6.45, 7) is 6.62. The van der Waals surface area contributed by atoms with Crippen molar-refractivity contribution in [3.63, 3.8) is 0 Å². The van der Waals surface area contributed by atoms with Crippen LogP contribution in [0.3, 0.4) is 0 Å². The molecule has 0 aliphatic carbocycles. The Morgan fingerprint density at radius 1 is 1.62 bits per heavy atom. The molecule has 1 unspecified atom stereocenters.